The number of ether oxygens (including phenoxy) is 3. The highest BCUT2D eigenvalue weighted by Gasteiger charge is 2.17. The number of nitrogens with one attached hydrogen (secondary N) is 2. The number of anilines is 1. The van der Waals surface area contributed by atoms with Gasteiger partial charge in [-0.2, -0.15) is 0 Å². The van der Waals surface area contributed by atoms with Crippen molar-refractivity contribution in [1.82, 2.24) is 9.71 Å². The van der Waals surface area contributed by atoms with E-state index in [0.717, 1.165) is 10.5 Å². The van der Waals surface area contributed by atoms with Gasteiger partial charge < -0.3 is 19.5 Å². The molecule has 2 N–H and O–H groups in total. The summed E-state index contributed by atoms with van der Waals surface area (Å²) in [5.74, 6) is -0.0301. The van der Waals surface area contributed by atoms with E-state index in [0.29, 0.717) is 33.7 Å². The Morgan fingerprint density at radius 1 is 0.946 bits per heavy atom. The summed E-state index contributed by atoms with van der Waals surface area (Å²) in [4.78, 5) is 16.5. The van der Waals surface area contributed by atoms with Gasteiger partial charge in [0.1, 0.15) is 5.75 Å². The van der Waals surface area contributed by atoms with Crippen LogP contribution in [0.1, 0.15) is 5.56 Å². The topological polar surface area (TPSA) is 116 Å². The largest absolute Gasteiger partial charge is 0.493 e. The molecule has 4 rings (SSSR count). The van der Waals surface area contributed by atoms with Gasteiger partial charge in [0.15, 0.2) is 23.1 Å². The van der Waals surface area contributed by atoms with Crippen LogP contribution in [0.4, 0.5) is 14.9 Å². The summed E-state index contributed by atoms with van der Waals surface area (Å²) in [7, 11) is -0.977. The number of pyridine rings is 1. The number of sulfonamides is 1. The van der Waals surface area contributed by atoms with Gasteiger partial charge in [-0.1, -0.05) is 28.1 Å². The molecule has 37 heavy (non-hydrogen) atoms. The van der Waals surface area contributed by atoms with Crippen molar-refractivity contribution in [2.45, 2.75) is 5.75 Å². The minimum Gasteiger partial charge on any atom is -0.493 e. The zero-order valence-electron chi connectivity index (χ0n) is 19.6. The second-order valence-electron chi connectivity index (χ2n) is 7.72. The molecular weight excluding hydrogens is 569 g/mol. The first-order chi connectivity index (χ1) is 17.7. The van der Waals surface area contributed by atoms with Crippen molar-refractivity contribution >= 4 is 48.6 Å². The smallest absolute Gasteiger partial charge is 0.332 e. The third-order valence-corrected chi connectivity index (χ3v) is 6.87. The number of rotatable bonds is 8. The third-order valence-electron chi connectivity index (χ3n) is 5.13. The number of hydrogen-bond acceptors (Lipinski definition) is 7. The number of nitrogens with zero attached hydrogens (tertiary/aromatic N) is 1. The summed E-state index contributed by atoms with van der Waals surface area (Å²) < 4.78 is 58.5. The molecule has 0 fully saturated rings. The maximum absolute atomic E-state index is 14.8. The number of methoxy groups -OCH3 is 2. The second-order valence-corrected chi connectivity index (χ2v) is 10.4. The van der Waals surface area contributed by atoms with E-state index in [9.17, 15) is 17.6 Å². The Hall–Kier alpha value is -3.90. The molecule has 192 valence electrons. The highest BCUT2D eigenvalue weighted by molar-refractivity contribution is 9.10. The van der Waals surface area contributed by atoms with Crippen LogP contribution in [-0.2, 0) is 15.8 Å². The van der Waals surface area contributed by atoms with E-state index in [1.54, 1.807) is 42.5 Å². The first-order valence-corrected chi connectivity index (χ1v) is 13.2. The quantitative estimate of drug-likeness (QED) is 0.275. The van der Waals surface area contributed by atoms with E-state index >= 15 is 0 Å². The SMILES string of the molecule is COc1cc2nccc(Oc3ccc(NC(=O)NS(=O)(=O)Cc4ccc(Br)cc4)cc3F)c2cc1OC. The van der Waals surface area contributed by atoms with E-state index in [1.165, 1.54) is 32.5 Å². The molecule has 1 heterocycles. The lowest BCUT2D eigenvalue weighted by molar-refractivity contribution is 0.256. The lowest BCUT2D eigenvalue weighted by atomic mass is 10.2. The predicted octanol–water partition coefficient (Wildman–Crippen LogP) is 5.60. The van der Waals surface area contributed by atoms with Gasteiger partial charge in [-0.15, -0.1) is 0 Å². The van der Waals surface area contributed by atoms with Crippen LogP contribution >= 0.6 is 15.9 Å². The van der Waals surface area contributed by atoms with Gasteiger partial charge in [-0.05, 0) is 42.0 Å². The number of carbonyl (C=O) groups is 1. The highest BCUT2D eigenvalue weighted by atomic mass is 79.9. The summed E-state index contributed by atoms with van der Waals surface area (Å²) in [6, 6.07) is 14.2. The molecule has 0 spiro atoms. The molecule has 12 heteroatoms. The molecular formula is C25H21BrFN3O6S. The molecule has 0 saturated heterocycles. The van der Waals surface area contributed by atoms with Crippen molar-refractivity contribution in [3.05, 3.63) is 82.7 Å². The Balaban J connectivity index is 1.46. The van der Waals surface area contributed by atoms with E-state index in [1.807, 2.05) is 4.72 Å². The number of urea groups is 1. The number of carbonyl (C=O) groups excluding carboxylic acids is 1. The van der Waals surface area contributed by atoms with Gasteiger partial charge in [-0.25, -0.2) is 22.3 Å². The second kappa shape index (κ2) is 11.0. The summed E-state index contributed by atoms with van der Waals surface area (Å²) >= 11 is 3.27. The van der Waals surface area contributed by atoms with Gasteiger partial charge in [0.05, 0.1) is 25.5 Å². The van der Waals surface area contributed by atoms with Crippen LogP contribution < -0.4 is 24.2 Å². The third kappa shape index (κ3) is 6.46. The fraction of sp³-hybridized carbons (Fsp3) is 0.120. The molecule has 3 aromatic carbocycles. The summed E-state index contributed by atoms with van der Waals surface area (Å²) in [6.45, 7) is 0. The first-order valence-electron chi connectivity index (χ1n) is 10.7. The van der Waals surface area contributed by atoms with Crippen LogP contribution in [0.25, 0.3) is 10.9 Å². The average molecular weight is 590 g/mol. The van der Waals surface area contributed by atoms with E-state index in [4.69, 9.17) is 14.2 Å². The van der Waals surface area contributed by atoms with Crippen molar-refractivity contribution in [2.75, 3.05) is 19.5 Å². The van der Waals surface area contributed by atoms with E-state index < -0.39 is 27.6 Å². The monoisotopic (exact) mass is 589 g/mol. The standard InChI is InChI=1S/C25H21BrFN3O6S/c1-34-23-12-18-20(13-24(23)35-2)28-10-9-21(18)36-22-8-7-17(11-19(22)27)29-25(31)30-37(32,33)14-15-3-5-16(26)6-4-15/h3-13H,14H2,1-2H3,(H2,29,30,31). The first kappa shape index (κ1) is 26.2. The fourth-order valence-corrected chi connectivity index (χ4v) is 4.75. The van der Waals surface area contributed by atoms with Crippen LogP contribution in [0.15, 0.2) is 71.3 Å². The Kier molecular flexibility index (Phi) is 7.79. The zero-order valence-corrected chi connectivity index (χ0v) is 22.0. The molecule has 2 amide bonds. The number of amides is 2. The van der Waals surface area contributed by atoms with Crippen molar-refractivity contribution in [1.29, 1.82) is 0 Å². The van der Waals surface area contributed by atoms with Gasteiger partial charge in [0.25, 0.3) is 0 Å². The van der Waals surface area contributed by atoms with Crippen LogP contribution in [0.3, 0.4) is 0 Å². The van der Waals surface area contributed by atoms with Gasteiger partial charge in [0.2, 0.25) is 10.0 Å². The van der Waals surface area contributed by atoms with Crippen molar-refractivity contribution in [3.8, 4) is 23.0 Å². The number of halogens is 2. The van der Waals surface area contributed by atoms with Crippen LogP contribution in [0.5, 0.6) is 23.0 Å². The Morgan fingerprint density at radius 3 is 2.32 bits per heavy atom. The maximum atomic E-state index is 14.8. The molecule has 0 aliphatic rings. The van der Waals surface area contributed by atoms with Crippen LogP contribution in [-0.4, -0.2) is 33.7 Å². The van der Waals surface area contributed by atoms with Gasteiger partial charge in [0, 0.05) is 33.9 Å². The van der Waals surface area contributed by atoms with E-state index in [2.05, 4.69) is 26.2 Å². The number of aromatic nitrogens is 1. The molecule has 1 aromatic heterocycles. The summed E-state index contributed by atoms with van der Waals surface area (Å²) in [6.07, 6.45) is 1.51. The fourth-order valence-electron chi connectivity index (χ4n) is 3.45. The number of benzene rings is 3. The van der Waals surface area contributed by atoms with E-state index in [-0.39, 0.29) is 11.4 Å². The van der Waals surface area contributed by atoms with Gasteiger partial charge >= 0.3 is 6.03 Å². The highest BCUT2D eigenvalue weighted by Crippen LogP contribution is 2.37. The lowest BCUT2D eigenvalue weighted by Gasteiger charge is -2.13. The van der Waals surface area contributed by atoms with Gasteiger partial charge in [-0.3, -0.25) is 4.98 Å². The molecule has 0 radical (unpaired) electrons. The van der Waals surface area contributed by atoms with Crippen molar-refractivity contribution < 1.29 is 31.8 Å². The lowest BCUT2D eigenvalue weighted by Crippen LogP contribution is -2.35. The molecule has 9 nitrogen and oxygen atoms in total. The minimum absolute atomic E-state index is 0.0344. The number of hydrogen-bond donors (Lipinski definition) is 2. The molecule has 0 saturated carbocycles. The normalized spacial score (nSPS) is 11.1. The molecule has 0 bridgehead atoms. The average Bonchev–Trinajstić information content (AvgIpc) is 2.85. The Bertz CT molecular complexity index is 1570. The predicted molar refractivity (Wildman–Crippen MR) is 140 cm³/mol. The molecule has 0 unspecified atom stereocenters. The Morgan fingerprint density at radius 2 is 1.65 bits per heavy atom. The maximum Gasteiger partial charge on any atom is 0.332 e. The Labute approximate surface area is 220 Å². The minimum atomic E-state index is -3.98. The molecule has 0 aliphatic carbocycles. The number of fused-ring (bicyclic) bond motifs is 1. The summed E-state index contributed by atoms with van der Waals surface area (Å²) in [5, 5.41) is 2.88. The molecule has 0 aliphatic heterocycles. The molecule has 0 atom stereocenters. The van der Waals surface area contributed by atoms with Crippen molar-refractivity contribution in [3.63, 3.8) is 0 Å². The zero-order chi connectivity index (χ0) is 26.6. The summed E-state index contributed by atoms with van der Waals surface area (Å²) in [5.41, 5.74) is 1.08. The van der Waals surface area contributed by atoms with Crippen molar-refractivity contribution in [2.24, 2.45) is 0 Å². The van der Waals surface area contributed by atoms with Crippen LogP contribution in [0, 0.1) is 5.82 Å². The van der Waals surface area contributed by atoms with Crippen LogP contribution in [0.2, 0.25) is 0 Å². The molecule has 4 aromatic rings.